The predicted molar refractivity (Wildman–Crippen MR) is 103 cm³/mol. The van der Waals surface area contributed by atoms with Gasteiger partial charge >= 0.3 is 0 Å². The molecule has 0 atom stereocenters. The average molecular weight is 355 g/mol. The number of nitrogens with one attached hydrogen (secondary N) is 2. The Balaban J connectivity index is 1.70. The fraction of sp³-hybridized carbons (Fsp3) is 0.350. The van der Waals surface area contributed by atoms with Crippen molar-refractivity contribution >= 4 is 11.6 Å². The zero-order valence-corrected chi connectivity index (χ0v) is 15.2. The Morgan fingerprint density at radius 2 is 1.85 bits per heavy atom. The molecule has 2 aromatic carbocycles. The zero-order chi connectivity index (χ0) is 18.2. The second-order valence-electron chi connectivity index (χ2n) is 5.88. The van der Waals surface area contributed by atoms with Crippen molar-refractivity contribution in [2.24, 2.45) is 4.99 Å². The fourth-order valence-corrected chi connectivity index (χ4v) is 2.59. The molecule has 26 heavy (non-hydrogen) atoms. The van der Waals surface area contributed by atoms with Crippen LogP contribution in [0.3, 0.4) is 0 Å². The first-order chi connectivity index (χ1) is 12.8. The van der Waals surface area contributed by atoms with E-state index in [0.29, 0.717) is 19.8 Å². The summed E-state index contributed by atoms with van der Waals surface area (Å²) in [7, 11) is 1.66. The zero-order valence-electron chi connectivity index (χ0n) is 15.2. The highest BCUT2D eigenvalue weighted by Gasteiger charge is 2.11. The van der Waals surface area contributed by atoms with E-state index in [0.717, 1.165) is 47.4 Å². The van der Waals surface area contributed by atoms with E-state index in [-0.39, 0.29) is 0 Å². The maximum atomic E-state index is 5.74. The Morgan fingerprint density at radius 3 is 2.58 bits per heavy atom. The minimum Gasteiger partial charge on any atom is -0.497 e. The van der Waals surface area contributed by atoms with Gasteiger partial charge in [-0.2, -0.15) is 0 Å². The van der Waals surface area contributed by atoms with Gasteiger partial charge in [-0.25, -0.2) is 4.99 Å². The quantitative estimate of drug-likeness (QED) is 0.635. The topological polar surface area (TPSA) is 64.1 Å². The number of anilines is 1. The maximum Gasteiger partial charge on any atom is 0.196 e. The lowest BCUT2D eigenvalue weighted by molar-refractivity contribution is 0.297. The molecule has 2 aromatic rings. The van der Waals surface area contributed by atoms with Crippen molar-refractivity contribution in [3.8, 4) is 17.2 Å². The molecule has 0 spiro atoms. The summed E-state index contributed by atoms with van der Waals surface area (Å²) in [5, 5.41) is 6.58. The van der Waals surface area contributed by atoms with Crippen LogP contribution in [0.2, 0.25) is 0 Å². The summed E-state index contributed by atoms with van der Waals surface area (Å²) in [5.41, 5.74) is 2.02. The van der Waals surface area contributed by atoms with Crippen LogP contribution in [0.1, 0.15) is 18.9 Å². The van der Waals surface area contributed by atoms with Gasteiger partial charge in [0.15, 0.2) is 17.5 Å². The van der Waals surface area contributed by atoms with Crippen molar-refractivity contribution in [2.75, 3.05) is 32.2 Å². The minimum absolute atomic E-state index is 0.573. The van der Waals surface area contributed by atoms with Crippen LogP contribution in [0, 0.1) is 0 Å². The molecule has 6 heteroatoms. The molecule has 0 unspecified atom stereocenters. The van der Waals surface area contributed by atoms with Crippen LogP contribution in [0.15, 0.2) is 47.5 Å². The molecule has 138 valence electrons. The minimum atomic E-state index is 0.573. The third kappa shape index (κ3) is 4.81. The molecule has 0 fully saturated rings. The highest BCUT2D eigenvalue weighted by molar-refractivity contribution is 5.93. The molecule has 0 saturated carbocycles. The molecule has 0 amide bonds. The number of nitrogens with zero attached hydrogens (tertiary/aromatic N) is 1. The van der Waals surface area contributed by atoms with Gasteiger partial charge in [0.25, 0.3) is 0 Å². The van der Waals surface area contributed by atoms with Crippen LogP contribution in [-0.4, -0.2) is 32.8 Å². The smallest absolute Gasteiger partial charge is 0.196 e. The summed E-state index contributed by atoms with van der Waals surface area (Å²) in [4.78, 5) is 4.65. The Kier molecular flexibility index (Phi) is 6.19. The molecular weight excluding hydrogens is 330 g/mol. The van der Waals surface area contributed by atoms with E-state index in [2.05, 4.69) is 15.6 Å². The summed E-state index contributed by atoms with van der Waals surface area (Å²) >= 11 is 0. The summed E-state index contributed by atoms with van der Waals surface area (Å²) in [6.45, 7) is 4.75. The highest BCUT2D eigenvalue weighted by Crippen LogP contribution is 2.32. The van der Waals surface area contributed by atoms with Gasteiger partial charge < -0.3 is 24.8 Å². The molecule has 0 radical (unpaired) electrons. The second-order valence-corrected chi connectivity index (χ2v) is 5.88. The van der Waals surface area contributed by atoms with Gasteiger partial charge in [0, 0.05) is 24.7 Å². The van der Waals surface area contributed by atoms with Crippen molar-refractivity contribution in [3.63, 3.8) is 0 Å². The Morgan fingerprint density at radius 1 is 1.08 bits per heavy atom. The molecule has 1 heterocycles. The maximum absolute atomic E-state index is 5.74. The first-order valence-corrected chi connectivity index (χ1v) is 8.86. The lowest BCUT2D eigenvalue weighted by atomic mass is 10.2. The van der Waals surface area contributed by atoms with Crippen LogP contribution >= 0.6 is 0 Å². The van der Waals surface area contributed by atoms with Gasteiger partial charge in [-0.15, -0.1) is 0 Å². The third-order valence-corrected chi connectivity index (χ3v) is 3.93. The first-order valence-electron chi connectivity index (χ1n) is 8.86. The van der Waals surface area contributed by atoms with Crippen LogP contribution in [0.25, 0.3) is 0 Å². The Bertz CT molecular complexity index is 744. The number of benzene rings is 2. The van der Waals surface area contributed by atoms with Crippen molar-refractivity contribution in [3.05, 3.63) is 48.0 Å². The van der Waals surface area contributed by atoms with Crippen molar-refractivity contribution in [2.45, 2.75) is 19.9 Å². The van der Waals surface area contributed by atoms with E-state index in [1.807, 2.05) is 49.4 Å². The van der Waals surface area contributed by atoms with Crippen LogP contribution in [0.4, 0.5) is 5.69 Å². The van der Waals surface area contributed by atoms with E-state index in [4.69, 9.17) is 14.2 Å². The van der Waals surface area contributed by atoms with Crippen LogP contribution < -0.4 is 24.8 Å². The molecule has 0 aliphatic carbocycles. The largest absolute Gasteiger partial charge is 0.497 e. The van der Waals surface area contributed by atoms with E-state index < -0.39 is 0 Å². The van der Waals surface area contributed by atoms with Gasteiger partial charge in [-0.05, 0) is 36.8 Å². The number of fused-ring (bicyclic) bond motifs is 1. The lowest BCUT2D eigenvalue weighted by Gasteiger charge is -2.14. The standard InChI is InChI=1S/C20H25N3O3/c1-3-21-20(22-14-15-5-8-17(24-2)9-6-15)23-16-7-10-18-19(13-16)26-12-4-11-25-18/h5-10,13H,3-4,11-12,14H2,1-2H3,(H2,21,22,23). The normalized spacial score (nSPS) is 13.7. The Labute approximate surface area is 154 Å². The number of rotatable bonds is 5. The summed E-state index contributed by atoms with van der Waals surface area (Å²) in [6.07, 6.45) is 0.892. The van der Waals surface area contributed by atoms with Gasteiger partial charge in [0.1, 0.15) is 5.75 Å². The van der Waals surface area contributed by atoms with Gasteiger partial charge in [0.05, 0.1) is 26.9 Å². The predicted octanol–water partition coefficient (Wildman–Crippen LogP) is 3.43. The summed E-state index contributed by atoms with van der Waals surface area (Å²) < 4.78 is 16.6. The molecule has 0 saturated heterocycles. The molecule has 3 rings (SSSR count). The molecule has 6 nitrogen and oxygen atoms in total. The van der Waals surface area contributed by atoms with Crippen molar-refractivity contribution in [1.82, 2.24) is 5.32 Å². The number of hydrogen-bond acceptors (Lipinski definition) is 4. The van der Waals surface area contributed by atoms with Crippen molar-refractivity contribution < 1.29 is 14.2 Å². The van der Waals surface area contributed by atoms with Crippen LogP contribution in [-0.2, 0) is 6.54 Å². The molecule has 0 bridgehead atoms. The highest BCUT2D eigenvalue weighted by atomic mass is 16.5. The summed E-state index contributed by atoms with van der Waals surface area (Å²) in [6, 6.07) is 13.7. The second kappa shape index (κ2) is 8.99. The number of aliphatic imine (C=N–C) groups is 1. The number of ether oxygens (including phenoxy) is 3. The lowest BCUT2D eigenvalue weighted by Crippen LogP contribution is -2.30. The van der Waals surface area contributed by atoms with Crippen LogP contribution in [0.5, 0.6) is 17.2 Å². The fourth-order valence-electron chi connectivity index (χ4n) is 2.59. The van der Waals surface area contributed by atoms with Crippen molar-refractivity contribution in [1.29, 1.82) is 0 Å². The Hall–Kier alpha value is -2.89. The molecule has 0 aromatic heterocycles. The first kappa shape index (κ1) is 17.9. The third-order valence-electron chi connectivity index (χ3n) is 3.93. The van der Waals surface area contributed by atoms with Gasteiger partial charge in [-0.1, -0.05) is 12.1 Å². The number of methoxy groups -OCH3 is 1. The molecular formula is C20H25N3O3. The molecule has 2 N–H and O–H groups in total. The number of guanidine groups is 1. The number of hydrogen-bond donors (Lipinski definition) is 2. The van der Waals surface area contributed by atoms with E-state index in [1.54, 1.807) is 7.11 Å². The SMILES string of the molecule is CCNC(=NCc1ccc(OC)cc1)Nc1ccc2c(c1)OCCCO2. The molecule has 1 aliphatic heterocycles. The molecule has 1 aliphatic rings. The monoisotopic (exact) mass is 355 g/mol. The van der Waals surface area contributed by atoms with E-state index >= 15 is 0 Å². The average Bonchev–Trinajstić information content (AvgIpc) is 2.91. The van der Waals surface area contributed by atoms with Gasteiger partial charge in [0.2, 0.25) is 0 Å². The van der Waals surface area contributed by atoms with E-state index in [9.17, 15) is 0 Å². The van der Waals surface area contributed by atoms with E-state index in [1.165, 1.54) is 0 Å². The summed E-state index contributed by atoms with van der Waals surface area (Å²) in [5.74, 6) is 3.11. The van der Waals surface area contributed by atoms with Gasteiger partial charge in [-0.3, -0.25) is 0 Å².